The highest BCUT2D eigenvalue weighted by Gasteiger charge is 2.22. The van der Waals surface area contributed by atoms with Gasteiger partial charge in [0.1, 0.15) is 5.82 Å². The van der Waals surface area contributed by atoms with Crippen LogP contribution in [0.3, 0.4) is 0 Å². The molecule has 0 spiro atoms. The molecule has 1 heterocycles. The van der Waals surface area contributed by atoms with Gasteiger partial charge >= 0.3 is 0 Å². The molecule has 1 aromatic heterocycles. The number of nitrogens with one attached hydrogen (secondary N) is 2. The maximum atomic E-state index is 12.7. The van der Waals surface area contributed by atoms with Crippen LogP contribution in [0.1, 0.15) is 54.3 Å². The number of aromatic nitrogens is 3. The maximum absolute atomic E-state index is 12.7. The number of carbonyl (C=O) groups is 2. The second-order valence-corrected chi connectivity index (χ2v) is 8.84. The molecule has 32 heavy (non-hydrogen) atoms. The lowest BCUT2D eigenvalue weighted by molar-refractivity contribution is -0.113. The molecule has 166 valence electrons. The Morgan fingerprint density at radius 3 is 2.47 bits per heavy atom. The van der Waals surface area contributed by atoms with Gasteiger partial charge in [0.25, 0.3) is 5.91 Å². The van der Waals surface area contributed by atoms with E-state index in [1.54, 1.807) is 24.3 Å². The van der Waals surface area contributed by atoms with Gasteiger partial charge in [0.15, 0.2) is 5.16 Å². The topological polar surface area (TPSA) is 88.9 Å². The Labute approximate surface area is 192 Å². The van der Waals surface area contributed by atoms with Crippen LogP contribution in [0, 0.1) is 6.92 Å². The SMILES string of the molecule is Cc1nnc(SCC(=O)Nc2ccccc2C(=O)Nc2ccccc2)n1C1CCCCC1. The molecule has 2 N–H and O–H groups in total. The summed E-state index contributed by atoms with van der Waals surface area (Å²) < 4.78 is 2.18. The molecule has 3 aromatic rings. The predicted octanol–water partition coefficient (Wildman–Crippen LogP) is 5.07. The number of nitrogens with zero attached hydrogens (tertiary/aromatic N) is 3. The summed E-state index contributed by atoms with van der Waals surface area (Å²) in [6, 6.07) is 16.7. The fourth-order valence-corrected chi connectivity index (χ4v) is 4.89. The lowest BCUT2D eigenvalue weighted by Crippen LogP contribution is -2.20. The fourth-order valence-electron chi connectivity index (χ4n) is 4.03. The molecular weight excluding hydrogens is 422 g/mol. The molecule has 0 saturated heterocycles. The van der Waals surface area contributed by atoms with Crippen LogP contribution in [0.2, 0.25) is 0 Å². The summed E-state index contributed by atoms with van der Waals surface area (Å²) in [5.74, 6) is 0.625. The molecule has 0 aliphatic heterocycles. The van der Waals surface area contributed by atoms with E-state index in [0.29, 0.717) is 23.0 Å². The van der Waals surface area contributed by atoms with Crippen molar-refractivity contribution in [2.24, 2.45) is 0 Å². The lowest BCUT2D eigenvalue weighted by Gasteiger charge is -2.24. The first-order valence-electron chi connectivity index (χ1n) is 10.9. The molecule has 1 aliphatic carbocycles. The minimum absolute atomic E-state index is 0.189. The number of hydrogen-bond acceptors (Lipinski definition) is 5. The summed E-state index contributed by atoms with van der Waals surface area (Å²) in [4.78, 5) is 25.4. The Balaban J connectivity index is 1.40. The number of amides is 2. The van der Waals surface area contributed by atoms with Gasteiger partial charge < -0.3 is 15.2 Å². The first-order valence-corrected chi connectivity index (χ1v) is 11.9. The van der Waals surface area contributed by atoms with E-state index >= 15 is 0 Å². The number of rotatable bonds is 7. The van der Waals surface area contributed by atoms with Crippen LogP contribution >= 0.6 is 11.8 Å². The average molecular weight is 450 g/mol. The van der Waals surface area contributed by atoms with Gasteiger partial charge in [-0.25, -0.2) is 0 Å². The van der Waals surface area contributed by atoms with Gasteiger partial charge in [-0.05, 0) is 44.0 Å². The van der Waals surface area contributed by atoms with Crippen molar-refractivity contribution < 1.29 is 9.59 Å². The summed E-state index contributed by atoms with van der Waals surface area (Å²) in [5.41, 5.74) is 1.60. The summed E-state index contributed by atoms with van der Waals surface area (Å²) in [7, 11) is 0. The molecule has 0 bridgehead atoms. The van der Waals surface area contributed by atoms with E-state index in [9.17, 15) is 9.59 Å². The second kappa shape index (κ2) is 10.5. The second-order valence-electron chi connectivity index (χ2n) is 7.89. The van der Waals surface area contributed by atoms with E-state index in [2.05, 4.69) is 25.4 Å². The molecule has 2 amide bonds. The molecule has 7 nitrogen and oxygen atoms in total. The molecule has 4 rings (SSSR count). The van der Waals surface area contributed by atoms with Crippen LogP contribution in [-0.2, 0) is 4.79 Å². The van der Waals surface area contributed by atoms with Crippen molar-refractivity contribution in [3.8, 4) is 0 Å². The molecule has 1 fully saturated rings. The van der Waals surface area contributed by atoms with E-state index in [0.717, 1.165) is 23.8 Å². The number of thioether (sulfide) groups is 1. The highest BCUT2D eigenvalue weighted by molar-refractivity contribution is 7.99. The Bertz CT molecular complexity index is 1080. The summed E-state index contributed by atoms with van der Waals surface area (Å²) in [6.45, 7) is 1.97. The van der Waals surface area contributed by atoms with Crippen LogP contribution in [0.15, 0.2) is 59.8 Å². The fraction of sp³-hybridized carbons (Fsp3) is 0.333. The van der Waals surface area contributed by atoms with Crippen molar-refractivity contribution in [3.63, 3.8) is 0 Å². The molecule has 2 aromatic carbocycles. The zero-order valence-corrected chi connectivity index (χ0v) is 18.9. The Hall–Kier alpha value is -3.13. The van der Waals surface area contributed by atoms with Crippen LogP contribution in [0.25, 0.3) is 0 Å². The van der Waals surface area contributed by atoms with Crippen LogP contribution in [0.5, 0.6) is 0 Å². The largest absolute Gasteiger partial charge is 0.325 e. The van der Waals surface area contributed by atoms with E-state index in [-0.39, 0.29) is 17.6 Å². The minimum atomic E-state index is -0.271. The normalized spacial score (nSPS) is 14.2. The highest BCUT2D eigenvalue weighted by atomic mass is 32.2. The van der Waals surface area contributed by atoms with E-state index in [4.69, 9.17) is 0 Å². The minimum Gasteiger partial charge on any atom is -0.325 e. The van der Waals surface area contributed by atoms with Gasteiger partial charge in [0.05, 0.1) is 17.0 Å². The highest BCUT2D eigenvalue weighted by Crippen LogP contribution is 2.32. The summed E-state index contributed by atoms with van der Waals surface area (Å²) >= 11 is 1.38. The van der Waals surface area contributed by atoms with Gasteiger partial charge in [-0.3, -0.25) is 9.59 Å². The Morgan fingerprint density at radius 2 is 1.69 bits per heavy atom. The van der Waals surface area contributed by atoms with Crippen molar-refractivity contribution in [1.29, 1.82) is 0 Å². The molecule has 0 radical (unpaired) electrons. The van der Waals surface area contributed by atoms with Crippen molar-refractivity contribution in [2.45, 2.75) is 50.2 Å². The van der Waals surface area contributed by atoms with Gasteiger partial charge in [0, 0.05) is 11.7 Å². The Morgan fingerprint density at radius 1 is 0.969 bits per heavy atom. The predicted molar refractivity (Wildman–Crippen MR) is 127 cm³/mol. The third-order valence-electron chi connectivity index (χ3n) is 5.58. The number of anilines is 2. The molecular formula is C24H27N5O2S. The lowest BCUT2D eigenvalue weighted by atomic mass is 9.95. The van der Waals surface area contributed by atoms with E-state index in [1.807, 2.05) is 37.3 Å². The quantitative estimate of drug-likeness (QED) is 0.491. The molecule has 1 aliphatic rings. The van der Waals surface area contributed by atoms with Gasteiger partial charge in [-0.15, -0.1) is 10.2 Å². The third-order valence-corrected chi connectivity index (χ3v) is 6.53. The molecule has 8 heteroatoms. The zero-order chi connectivity index (χ0) is 22.3. The van der Waals surface area contributed by atoms with E-state index in [1.165, 1.54) is 31.0 Å². The molecule has 0 atom stereocenters. The van der Waals surface area contributed by atoms with Gasteiger partial charge in [-0.1, -0.05) is 61.4 Å². The monoisotopic (exact) mass is 449 g/mol. The van der Waals surface area contributed by atoms with Crippen LogP contribution in [-0.4, -0.2) is 32.3 Å². The molecule has 0 unspecified atom stereocenters. The van der Waals surface area contributed by atoms with Crippen molar-refractivity contribution >= 4 is 35.0 Å². The third kappa shape index (κ3) is 5.37. The zero-order valence-electron chi connectivity index (χ0n) is 18.1. The standard InChI is InChI=1S/C24H27N5O2S/c1-17-27-28-24(29(17)19-12-6-3-7-13-19)32-16-22(30)26-21-15-9-8-14-20(21)23(31)25-18-10-4-2-5-11-18/h2,4-5,8-11,14-15,19H,3,6-7,12-13,16H2,1H3,(H,25,31)(H,26,30). The number of benzene rings is 2. The van der Waals surface area contributed by atoms with Gasteiger partial charge in [-0.2, -0.15) is 0 Å². The average Bonchev–Trinajstić information content (AvgIpc) is 3.19. The Kier molecular flexibility index (Phi) is 7.21. The number of aryl methyl sites for hydroxylation is 1. The first kappa shape index (κ1) is 22.1. The number of para-hydroxylation sites is 2. The van der Waals surface area contributed by atoms with E-state index < -0.39 is 0 Å². The number of carbonyl (C=O) groups excluding carboxylic acids is 2. The van der Waals surface area contributed by atoms with Gasteiger partial charge in [0.2, 0.25) is 5.91 Å². The van der Waals surface area contributed by atoms with Crippen molar-refractivity contribution in [3.05, 3.63) is 66.0 Å². The molecule has 1 saturated carbocycles. The van der Waals surface area contributed by atoms with Crippen molar-refractivity contribution in [1.82, 2.24) is 14.8 Å². The van der Waals surface area contributed by atoms with Crippen LogP contribution in [0.4, 0.5) is 11.4 Å². The van der Waals surface area contributed by atoms with Crippen molar-refractivity contribution in [2.75, 3.05) is 16.4 Å². The smallest absolute Gasteiger partial charge is 0.257 e. The number of hydrogen-bond donors (Lipinski definition) is 2. The van der Waals surface area contributed by atoms with Crippen LogP contribution < -0.4 is 10.6 Å². The first-order chi connectivity index (χ1) is 15.6. The summed E-state index contributed by atoms with van der Waals surface area (Å²) in [5, 5.41) is 15.0. The maximum Gasteiger partial charge on any atom is 0.257 e. The summed E-state index contributed by atoms with van der Waals surface area (Å²) in [6.07, 6.45) is 5.97.